The van der Waals surface area contributed by atoms with Gasteiger partial charge in [0.1, 0.15) is 0 Å². The van der Waals surface area contributed by atoms with E-state index < -0.39 is 5.97 Å². The van der Waals surface area contributed by atoms with Gasteiger partial charge >= 0.3 is 5.97 Å². The highest BCUT2D eigenvalue weighted by Crippen LogP contribution is 2.36. The monoisotopic (exact) mass is 367 g/mol. The molecule has 0 atom stereocenters. The first-order chi connectivity index (χ1) is 13.5. The number of anilines is 3. The number of rotatable bonds is 4. The maximum Gasteiger partial charge on any atom is 0.335 e. The lowest BCUT2D eigenvalue weighted by molar-refractivity contribution is 0.0697. The van der Waals surface area contributed by atoms with Gasteiger partial charge in [-0.25, -0.2) is 4.79 Å². The van der Waals surface area contributed by atoms with E-state index in [4.69, 9.17) is 0 Å². The van der Waals surface area contributed by atoms with Crippen LogP contribution in [0.2, 0.25) is 0 Å². The first kappa shape index (κ1) is 17.8. The summed E-state index contributed by atoms with van der Waals surface area (Å²) in [5, 5.41) is 11.6. The number of fused-ring (bicyclic) bond motifs is 1. The second-order valence-electron chi connectivity index (χ2n) is 7.00. The zero-order valence-corrected chi connectivity index (χ0v) is 15.9. The molecule has 0 spiro atoms. The third-order valence-corrected chi connectivity index (χ3v) is 5.00. The molecule has 0 fully saturated rings. The van der Waals surface area contributed by atoms with Crippen LogP contribution in [0.4, 0.5) is 17.1 Å². The molecule has 1 N–H and O–H groups in total. The maximum absolute atomic E-state index is 11.2. The Morgan fingerprint density at radius 1 is 0.750 bits per heavy atom. The van der Waals surface area contributed by atoms with Gasteiger partial charge in [-0.15, -0.1) is 0 Å². The molecule has 0 radical (unpaired) electrons. The lowest BCUT2D eigenvalue weighted by Crippen LogP contribution is -2.10. The Bertz CT molecular complexity index is 1150. The minimum Gasteiger partial charge on any atom is -0.478 e. The summed E-state index contributed by atoms with van der Waals surface area (Å²) in [5.74, 6) is -0.922. The van der Waals surface area contributed by atoms with Crippen LogP contribution in [0.15, 0.2) is 84.9 Å². The molecule has 0 saturated heterocycles. The Kier molecular flexibility index (Phi) is 4.58. The van der Waals surface area contributed by atoms with Gasteiger partial charge in [0.25, 0.3) is 0 Å². The van der Waals surface area contributed by atoms with Gasteiger partial charge < -0.3 is 10.0 Å². The number of carbonyl (C=O) groups is 1. The average Bonchev–Trinajstić information content (AvgIpc) is 2.70. The van der Waals surface area contributed by atoms with E-state index in [2.05, 4.69) is 79.4 Å². The third-order valence-electron chi connectivity index (χ3n) is 5.00. The van der Waals surface area contributed by atoms with Gasteiger partial charge in [-0.1, -0.05) is 42.0 Å². The quantitative estimate of drug-likeness (QED) is 0.440. The zero-order chi connectivity index (χ0) is 19.7. The fourth-order valence-electron chi connectivity index (χ4n) is 3.47. The third kappa shape index (κ3) is 3.35. The van der Waals surface area contributed by atoms with Crippen molar-refractivity contribution in [2.45, 2.75) is 13.8 Å². The van der Waals surface area contributed by atoms with Gasteiger partial charge in [0, 0.05) is 17.1 Å². The lowest BCUT2D eigenvalue weighted by atomic mass is 10.0. The van der Waals surface area contributed by atoms with Crippen molar-refractivity contribution in [3.8, 4) is 0 Å². The number of aryl methyl sites for hydroxylation is 2. The summed E-state index contributed by atoms with van der Waals surface area (Å²) in [6, 6.07) is 28.1. The van der Waals surface area contributed by atoms with Crippen LogP contribution in [-0.4, -0.2) is 11.1 Å². The van der Waals surface area contributed by atoms with Crippen LogP contribution in [0, 0.1) is 13.8 Å². The minimum absolute atomic E-state index is 0.279. The van der Waals surface area contributed by atoms with E-state index in [0.717, 1.165) is 17.1 Å². The van der Waals surface area contributed by atoms with Crippen molar-refractivity contribution in [3.05, 3.63) is 102 Å². The molecule has 138 valence electrons. The van der Waals surface area contributed by atoms with Crippen molar-refractivity contribution < 1.29 is 9.90 Å². The van der Waals surface area contributed by atoms with Crippen LogP contribution >= 0.6 is 0 Å². The Hall–Kier alpha value is -3.59. The van der Waals surface area contributed by atoms with Crippen molar-refractivity contribution in [1.29, 1.82) is 0 Å². The van der Waals surface area contributed by atoms with Gasteiger partial charge in [0.05, 0.1) is 5.56 Å². The highest BCUT2D eigenvalue weighted by molar-refractivity contribution is 5.92. The van der Waals surface area contributed by atoms with E-state index in [0.29, 0.717) is 0 Å². The summed E-state index contributed by atoms with van der Waals surface area (Å²) in [5.41, 5.74) is 5.70. The summed E-state index contributed by atoms with van der Waals surface area (Å²) in [6.07, 6.45) is 0. The molecular weight excluding hydrogens is 346 g/mol. The van der Waals surface area contributed by atoms with Gasteiger partial charge in [0.15, 0.2) is 0 Å². The molecule has 0 aromatic heterocycles. The molecule has 4 rings (SSSR count). The molecule has 0 unspecified atom stereocenters. The number of aromatic carboxylic acids is 1. The van der Waals surface area contributed by atoms with Gasteiger partial charge in [0.2, 0.25) is 0 Å². The minimum atomic E-state index is -0.922. The molecule has 0 aliphatic heterocycles. The van der Waals surface area contributed by atoms with Gasteiger partial charge in [-0.2, -0.15) is 0 Å². The first-order valence-corrected chi connectivity index (χ1v) is 9.22. The van der Waals surface area contributed by atoms with Gasteiger partial charge in [-0.3, -0.25) is 0 Å². The van der Waals surface area contributed by atoms with E-state index in [1.807, 2.05) is 12.1 Å². The van der Waals surface area contributed by atoms with Crippen LogP contribution in [-0.2, 0) is 0 Å². The predicted molar refractivity (Wildman–Crippen MR) is 115 cm³/mol. The number of hydrogen-bond donors (Lipinski definition) is 1. The molecule has 4 aromatic rings. The van der Waals surface area contributed by atoms with Crippen molar-refractivity contribution in [2.75, 3.05) is 4.90 Å². The number of benzene rings is 4. The number of carboxylic acid groups (broad SMARTS) is 1. The summed E-state index contributed by atoms with van der Waals surface area (Å²) in [7, 11) is 0. The maximum atomic E-state index is 11.2. The normalized spacial score (nSPS) is 10.8. The number of nitrogens with zero attached hydrogens (tertiary/aromatic N) is 1. The largest absolute Gasteiger partial charge is 0.478 e. The van der Waals surface area contributed by atoms with Crippen LogP contribution in [0.1, 0.15) is 21.5 Å². The van der Waals surface area contributed by atoms with E-state index >= 15 is 0 Å². The highest BCUT2D eigenvalue weighted by Gasteiger charge is 2.14. The fourth-order valence-corrected chi connectivity index (χ4v) is 3.47. The molecule has 28 heavy (non-hydrogen) atoms. The van der Waals surface area contributed by atoms with Crippen LogP contribution in [0.3, 0.4) is 0 Å². The molecule has 3 nitrogen and oxygen atoms in total. The summed E-state index contributed by atoms with van der Waals surface area (Å²) in [6.45, 7) is 4.18. The first-order valence-electron chi connectivity index (χ1n) is 9.22. The van der Waals surface area contributed by atoms with Crippen molar-refractivity contribution in [2.24, 2.45) is 0 Å². The lowest BCUT2D eigenvalue weighted by Gasteiger charge is -2.26. The van der Waals surface area contributed by atoms with E-state index in [1.165, 1.54) is 21.9 Å². The Labute approximate surface area is 164 Å². The number of carboxylic acids is 1. The zero-order valence-electron chi connectivity index (χ0n) is 15.9. The predicted octanol–water partition coefficient (Wildman–Crippen LogP) is 6.62. The Balaban J connectivity index is 1.87. The fraction of sp³-hybridized carbons (Fsp3) is 0.0800. The van der Waals surface area contributed by atoms with Crippen LogP contribution in [0.25, 0.3) is 10.8 Å². The van der Waals surface area contributed by atoms with Crippen LogP contribution < -0.4 is 4.90 Å². The van der Waals surface area contributed by atoms with Crippen molar-refractivity contribution in [3.63, 3.8) is 0 Å². The van der Waals surface area contributed by atoms with Crippen molar-refractivity contribution >= 4 is 33.8 Å². The van der Waals surface area contributed by atoms with E-state index in [-0.39, 0.29) is 5.56 Å². The summed E-state index contributed by atoms with van der Waals surface area (Å²) < 4.78 is 0. The molecule has 4 aromatic carbocycles. The summed E-state index contributed by atoms with van der Waals surface area (Å²) >= 11 is 0. The molecule has 0 saturated carbocycles. The standard InChI is InChI=1S/C25H21NO2/c1-17-6-10-21(11-7-17)26(22-12-8-19(9-13-22)25(27)28)23-14-15-24-18(2)4-3-5-20(24)16-23/h3-16H,1-2H3,(H,27,28). The van der Waals surface area contributed by atoms with Crippen LogP contribution in [0.5, 0.6) is 0 Å². The second kappa shape index (κ2) is 7.20. The average molecular weight is 367 g/mol. The SMILES string of the molecule is Cc1ccc(N(c2ccc(C(=O)O)cc2)c2ccc3c(C)cccc3c2)cc1. The van der Waals surface area contributed by atoms with Gasteiger partial charge in [-0.05, 0) is 78.7 Å². The molecule has 3 heteroatoms. The Morgan fingerprint density at radius 3 is 2.00 bits per heavy atom. The highest BCUT2D eigenvalue weighted by atomic mass is 16.4. The van der Waals surface area contributed by atoms with Crippen molar-refractivity contribution in [1.82, 2.24) is 0 Å². The molecule has 0 aliphatic carbocycles. The second-order valence-corrected chi connectivity index (χ2v) is 7.00. The summed E-state index contributed by atoms with van der Waals surface area (Å²) in [4.78, 5) is 13.4. The molecular formula is C25H21NO2. The topological polar surface area (TPSA) is 40.5 Å². The van der Waals surface area contributed by atoms with E-state index in [1.54, 1.807) is 12.1 Å². The smallest absolute Gasteiger partial charge is 0.335 e. The molecule has 0 aliphatic rings. The number of hydrogen-bond acceptors (Lipinski definition) is 2. The molecule has 0 heterocycles. The molecule has 0 bridgehead atoms. The van der Waals surface area contributed by atoms with E-state index in [9.17, 15) is 9.90 Å². The molecule has 0 amide bonds. The Morgan fingerprint density at radius 2 is 1.36 bits per heavy atom.